The van der Waals surface area contributed by atoms with Crippen LogP contribution in [0.3, 0.4) is 0 Å². The Morgan fingerprint density at radius 3 is 2.34 bits per heavy atom. The van der Waals surface area contributed by atoms with Crippen molar-refractivity contribution in [3.05, 3.63) is 100 Å². The highest BCUT2D eigenvalue weighted by Gasteiger charge is 2.39. The molecule has 148 valence electrons. The number of halogens is 4. The number of hydrogen-bond acceptors (Lipinski definition) is 2. The number of hydrogen-bond donors (Lipinski definition) is 1. The molecule has 1 N–H and O–H groups in total. The zero-order valence-electron chi connectivity index (χ0n) is 15.1. The molecule has 0 spiro atoms. The van der Waals surface area contributed by atoms with Crippen LogP contribution in [0.4, 0.5) is 18.9 Å². The molecule has 0 radical (unpaired) electrons. The van der Waals surface area contributed by atoms with Crippen LogP contribution in [0.5, 0.6) is 0 Å². The number of alkyl halides is 3. The number of carbonyl (C=O) groups is 1. The average molecular weight is 417 g/mol. The van der Waals surface area contributed by atoms with Crippen molar-refractivity contribution in [3.63, 3.8) is 0 Å². The molecule has 1 heterocycles. The minimum Gasteiger partial charge on any atom is -0.361 e. The fourth-order valence-electron chi connectivity index (χ4n) is 3.50. The molecule has 0 saturated heterocycles. The lowest BCUT2D eigenvalue weighted by atomic mass is 10.1. The van der Waals surface area contributed by atoms with Crippen molar-refractivity contribution in [3.8, 4) is 0 Å². The summed E-state index contributed by atoms with van der Waals surface area (Å²) in [5.41, 5.74) is 0.933. The van der Waals surface area contributed by atoms with Gasteiger partial charge in [0.05, 0.1) is 5.56 Å². The summed E-state index contributed by atoms with van der Waals surface area (Å²) in [7, 11) is 0. The number of nitrogens with one attached hydrogen (secondary N) is 1. The third-order valence-corrected chi connectivity index (χ3v) is 5.25. The summed E-state index contributed by atoms with van der Waals surface area (Å²) in [5, 5.41) is 3.43. The van der Waals surface area contributed by atoms with Crippen molar-refractivity contribution in [1.29, 1.82) is 0 Å². The van der Waals surface area contributed by atoms with Crippen molar-refractivity contribution in [2.45, 2.75) is 18.9 Å². The smallest absolute Gasteiger partial charge is 0.361 e. The van der Waals surface area contributed by atoms with E-state index >= 15 is 0 Å². The molecule has 1 aliphatic heterocycles. The second-order valence-electron chi connectivity index (χ2n) is 6.70. The Bertz CT molecular complexity index is 1070. The van der Waals surface area contributed by atoms with Gasteiger partial charge in [0.1, 0.15) is 6.17 Å². The number of fused-ring (bicyclic) bond motifs is 1. The molecular formula is C22H16ClF3N2O. The molecule has 0 unspecified atom stereocenters. The van der Waals surface area contributed by atoms with Crippen LogP contribution in [0.1, 0.15) is 33.2 Å². The topological polar surface area (TPSA) is 32.3 Å². The van der Waals surface area contributed by atoms with Crippen molar-refractivity contribution >= 4 is 23.2 Å². The number of anilines is 1. The first-order chi connectivity index (χ1) is 13.9. The van der Waals surface area contributed by atoms with E-state index in [9.17, 15) is 18.0 Å². The molecule has 0 saturated carbocycles. The van der Waals surface area contributed by atoms with E-state index in [1.165, 1.54) is 23.1 Å². The number of benzene rings is 3. The van der Waals surface area contributed by atoms with Crippen LogP contribution in [-0.4, -0.2) is 10.8 Å². The lowest BCUT2D eigenvalue weighted by Gasteiger charge is -2.28. The molecule has 0 bridgehead atoms. The van der Waals surface area contributed by atoms with Crippen LogP contribution in [-0.2, 0) is 12.7 Å². The van der Waals surface area contributed by atoms with Crippen molar-refractivity contribution in [1.82, 2.24) is 4.90 Å². The first kappa shape index (κ1) is 19.3. The molecule has 3 aromatic carbocycles. The van der Waals surface area contributed by atoms with Gasteiger partial charge in [0.25, 0.3) is 5.91 Å². The maximum atomic E-state index is 13.5. The average Bonchev–Trinajstić information content (AvgIpc) is 2.95. The Morgan fingerprint density at radius 2 is 1.59 bits per heavy atom. The molecule has 3 nitrogen and oxygen atoms in total. The van der Waals surface area contributed by atoms with Crippen LogP contribution in [0, 0.1) is 0 Å². The molecule has 1 aliphatic rings. The predicted molar refractivity (Wildman–Crippen MR) is 106 cm³/mol. The SMILES string of the molecule is O=C1c2ccccc2[C@@H](Nc2ccccc2C(F)(F)F)N1Cc1ccccc1Cl. The Morgan fingerprint density at radius 1 is 0.931 bits per heavy atom. The van der Waals surface area contributed by atoms with E-state index in [0.717, 1.165) is 6.07 Å². The molecular weight excluding hydrogens is 401 g/mol. The van der Waals surface area contributed by atoms with Crippen LogP contribution < -0.4 is 5.32 Å². The second-order valence-corrected chi connectivity index (χ2v) is 7.11. The molecule has 0 aliphatic carbocycles. The van der Waals surface area contributed by atoms with Crippen molar-refractivity contribution in [2.75, 3.05) is 5.32 Å². The van der Waals surface area contributed by atoms with E-state index in [4.69, 9.17) is 11.6 Å². The van der Waals surface area contributed by atoms with Gasteiger partial charge in [-0.2, -0.15) is 13.2 Å². The third-order valence-electron chi connectivity index (χ3n) is 4.88. The summed E-state index contributed by atoms with van der Waals surface area (Å²) >= 11 is 6.25. The minimum atomic E-state index is -4.51. The van der Waals surface area contributed by atoms with Crippen LogP contribution in [0.25, 0.3) is 0 Å². The maximum absolute atomic E-state index is 13.5. The number of para-hydroxylation sites is 1. The zero-order chi connectivity index (χ0) is 20.6. The summed E-state index contributed by atoms with van der Waals surface area (Å²) < 4.78 is 40.4. The van der Waals surface area contributed by atoms with Crippen LogP contribution >= 0.6 is 11.6 Å². The molecule has 4 rings (SSSR count). The van der Waals surface area contributed by atoms with Gasteiger partial charge in [-0.3, -0.25) is 4.79 Å². The minimum absolute atomic E-state index is 0.0846. The van der Waals surface area contributed by atoms with E-state index in [2.05, 4.69) is 5.32 Å². The summed E-state index contributed by atoms with van der Waals surface area (Å²) in [4.78, 5) is 14.5. The first-order valence-electron chi connectivity index (χ1n) is 8.92. The molecule has 7 heteroatoms. The maximum Gasteiger partial charge on any atom is 0.418 e. The number of amides is 1. The summed E-state index contributed by atoms with van der Waals surface area (Å²) in [5.74, 6) is -0.262. The third kappa shape index (κ3) is 3.68. The highest BCUT2D eigenvalue weighted by molar-refractivity contribution is 6.31. The number of nitrogens with zero attached hydrogens (tertiary/aromatic N) is 1. The summed E-state index contributed by atoms with van der Waals surface area (Å²) in [6.07, 6.45) is -5.27. The molecule has 1 amide bonds. The summed E-state index contributed by atoms with van der Waals surface area (Å²) in [6.45, 7) is 0.166. The van der Waals surface area contributed by atoms with Gasteiger partial charge in [0.15, 0.2) is 0 Å². The van der Waals surface area contributed by atoms with Crippen LogP contribution in [0.15, 0.2) is 72.8 Å². The molecule has 0 aromatic heterocycles. The Balaban J connectivity index is 1.75. The molecule has 1 atom stereocenters. The highest BCUT2D eigenvalue weighted by atomic mass is 35.5. The largest absolute Gasteiger partial charge is 0.418 e. The van der Waals surface area contributed by atoms with E-state index in [0.29, 0.717) is 21.7 Å². The van der Waals surface area contributed by atoms with Gasteiger partial charge < -0.3 is 10.2 Å². The highest BCUT2D eigenvalue weighted by Crippen LogP contribution is 2.40. The lowest BCUT2D eigenvalue weighted by Crippen LogP contribution is -2.32. The lowest BCUT2D eigenvalue weighted by molar-refractivity contribution is -0.137. The molecule has 3 aromatic rings. The quantitative estimate of drug-likeness (QED) is 0.555. The van der Waals surface area contributed by atoms with Gasteiger partial charge in [-0.05, 0) is 29.8 Å². The van der Waals surface area contributed by atoms with E-state index in [1.54, 1.807) is 48.5 Å². The van der Waals surface area contributed by atoms with Gasteiger partial charge >= 0.3 is 6.18 Å². The van der Waals surface area contributed by atoms with Gasteiger partial charge in [-0.15, -0.1) is 0 Å². The van der Waals surface area contributed by atoms with Gasteiger partial charge in [0.2, 0.25) is 0 Å². The summed E-state index contributed by atoms with van der Waals surface area (Å²) in [6, 6.07) is 19.2. The molecule has 29 heavy (non-hydrogen) atoms. The normalized spacial score (nSPS) is 16.1. The van der Waals surface area contributed by atoms with Gasteiger partial charge in [0, 0.05) is 28.4 Å². The zero-order valence-corrected chi connectivity index (χ0v) is 15.8. The van der Waals surface area contributed by atoms with Crippen molar-refractivity contribution < 1.29 is 18.0 Å². The van der Waals surface area contributed by atoms with E-state index in [1.807, 2.05) is 0 Å². The number of carbonyl (C=O) groups excluding carboxylic acids is 1. The Hall–Kier alpha value is -2.99. The predicted octanol–water partition coefficient (Wildman–Crippen LogP) is 6.13. The van der Waals surface area contributed by atoms with Gasteiger partial charge in [-0.1, -0.05) is 60.1 Å². The standard InChI is InChI=1S/C22H16ClF3N2O/c23-18-11-5-1-7-14(18)13-28-20(15-8-2-3-9-16(15)21(28)29)27-19-12-6-4-10-17(19)22(24,25)26/h1-12,20,27H,13H2/t20-/m0/s1. The Labute approximate surface area is 170 Å². The van der Waals surface area contributed by atoms with Crippen LogP contribution in [0.2, 0.25) is 5.02 Å². The Kier molecular flexibility index (Phi) is 4.96. The molecule has 0 fully saturated rings. The number of rotatable bonds is 4. The fourth-order valence-corrected chi connectivity index (χ4v) is 3.70. The first-order valence-corrected chi connectivity index (χ1v) is 9.30. The monoisotopic (exact) mass is 416 g/mol. The van der Waals surface area contributed by atoms with E-state index in [-0.39, 0.29) is 18.1 Å². The van der Waals surface area contributed by atoms with Gasteiger partial charge in [-0.25, -0.2) is 0 Å². The fraction of sp³-hybridized carbons (Fsp3) is 0.136. The second kappa shape index (κ2) is 7.44. The van der Waals surface area contributed by atoms with Crippen molar-refractivity contribution in [2.24, 2.45) is 0 Å². The van der Waals surface area contributed by atoms with E-state index < -0.39 is 17.9 Å².